The number of fused-ring (bicyclic) bond motifs is 10. The van der Waals surface area contributed by atoms with Crippen molar-refractivity contribution in [3.8, 4) is 44.5 Å². The van der Waals surface area contributed by atoms with Gasteiger partial charge in [0, 0.05) is 11.3 Å². The molecule has 1 spiro atoms. The number of benzene rings is 7. The maximum absolute atomic E-state index is 6.45. The second-order valence-corrected chi connectivity index (χ2v) is 17.1. The number of nitrogens with two attached hydrogens (primary N) is 12. The summed E-state index contributed by atoms with van der Waals surface area (Å²) in [6.07, 6.45) is 6.81. The van der Waals surface area contributed by atoms with E-state index in [2.05, 4.69) is 79.7 Å². The van der Waals surface area contributed by atoms with Gasteiger partial charge in [-0.3, -0.25) is 0 Å². The van der Waals surface area contributed by atoms with E-state index in [4.69, 9.17) is 68.8 Å². The first-order valence-electron chi connectivity index (χ1n) is 20.2. The first kappa shape index (κ1) is 37.9. The minimum Gasteiger partial charge on any atom is -0.397 e. The van der Waals surface area contributed by atoms with E-state index in [0.29, 0.717) is 68.2 Å². The second kappa shape index (κ2) is 12.8. The lowest BCUT2D eigenvalue weighted by molar-refractivity contribution is 0.295. The summed E-state index contributed by atoms with van der Waals surface area (Å²) in [5.74, 6) is -0.0999. The predicted octanol–water partition coefficient (Wildman–Crippen LogP) is 7.75. The number of rotatable bonds is 4. The summed E-state index contributed by atoms with van der Waals surface area (Å²) in [5, 5.41) is 0. The van der Waals surface area contributed by atoms with Crippen molar-refractivity contribution in [2.24, 2.45) is 5.41 Å². The maximum Gasteiger partial charge on any atom is 0.0781 e. The van der Waals surface area contributed by atoms with Gasteiger partial charge >= 0.3 is 0 Å². The number of hydrogen-bond acceptors (Lipinski definition) is 12. The van der Waals surface area contributed by atoms with Crippen molar-refractivity contribution in [1.82, 2.24) is 0 Å². The Morgan fingerprint density at radius 2 is 0.710 bits per heavy atom. The topological polar surface area (TPSA) is 312 Å². The highest BCUT2D eigenvalue weighted by atomic mass is 14.8. The molecule has 0 bridgehead atoms. The van der Waals surface area contributed by atoms with Crippen molar-refractivity contribution in [2.75, 3.05) is 68.8 Å². The molecule has 0 radical (unpaired) electrons. The van der Waals surface area contributed by atoms with E-state index < -0.39 is 10.8 Å². The monoisotopic (exact) mass is 816 g/mol. The van der Waals surface area contributed by atoms with Crippen molar-refractivity contribution in [1.29, 1.82) is 0 Å². The molecule has 3 aliphatic rings. The second-order valence-electron chi connectivity index (χ2n) is 17.1. The molecule has 0 saturated heterocycles. The third kappa shape index (κ3) is 5.06. The van der Waals surface area contributed by atoms with Crippen LogP contribution in [0.4, 0.5) is 68.2 Å². The lowest BCUT2D eigenvalue weighted by Gasteiger charge is -2.46. The zero-order valence-electron chi connectivity index (χ0n) is 34.1. The molecular formula is C50H48N12. The van der Waals surface area contributed by atoms with Crippen molar-refractivity contribution in [3.05, 3.63) is 149 Å². The summed E-state index contributed by atoms with van der Waals surface area (Å²) in [5.41, 5.74) is 93.4. The molecule has 62 heavy (non-hydrogen) atoms. The molecule has 0 fully saturated rings. The largest absolute Gasteiger partial charge is 0.397 e. The van der Waals surface area contributed by atoms with Gasteiger partial charge in [-0.25, -0.2) is 0 Å². The summed E-state index contributed by atoms with van der Waals surface area (Å²) >= 11 is 0. The van der Waals surface area contributed by atoms with Gasteiger partial charge in [-0.1, -0.05) is 61.5 Å². The van der Waals surface area contributed by atoms with Crippen LogP contribution in [0.15, 0.2) is 121 Å². The molecule has 308 valence electrons. The van der Waals surface area contributed by atoms with Gasteiger partial charge in [-0.2, -0.15) is 0 Å². The Bertz CT molecular complexity index is 3000. The molecule has 2 atom stereocenters. The highest BCUT2D eigenvalue weighted by Gasteiger charge is 2.64. The molecule has 7 aromatic carbocycles. The molecule has 3 aliphatic carbocycles. The number of anilines is 12. The van der Waals surface area contributed by atoms with E-state index in [1.54, 1.807) is 0 Å². The number of allylic oxidation sites excluding steroid dienone is 4. The van der Waals surface area contributed by atoms with E-state index in [0.717, 1.165) is 77.9 Å². The van der Waals surface area contributed by atoms with Gasteiger partial charge in [0.25, 0.3) is 0 Å². The molecule has 10 rings (SSSR count). The van der Waals surface area contributed by atoms with Crippen LogP contribution in [-0.2, 0) is 5.41 Å². The lowest BCUT2D eigenvalue weighted by Crippen LogP contribution is -2.42. The average Bonchev–Trinajstić information content (AvgIpc) is 3.67. The standard InChI is InChI=1S/C50H48N12/c1-49-21-25(29-19-43(57)48(62)44(58)20-29)5-9-33(49)32-8-4-24(28-17-41(55)47(61)42(56)18-28)12-36(32)50(49)34-10-22(26-13-37(51)45(59)38(52)14-26)2-6-30(34)31-7-3-23(11-35(31)50)27-15-39(53)46(60)40(54)16-27/h2-21,33H,51-62H2,1H3. The van der Waals surface area contributed by atoms with E-state index in [1.165, 1.54) is 0 Å². The highest BCUT2D eigenvalue weighted by Crippen LogP contribution is 2.72. The van der Waals surface area contributed by atoms with Gasteiger partial charge < -0.3 is 68.8 Å². The zero-order chi connectivity index (χ0) is 43.7. The van der Waals surface area contributed by atoms with E-state index in [9.17, 15) is 0 Å². The molecule has 7 aromatic rings. The van der Waals surface area contributed by atoms with E-state index in [-0.39, 0.29) is 5.92 Å². The highest BCUT2D eigenvalue weighted by molar-refractivity contribution is 5.95. The average molecular weight is 817 g/mol. The SMILES string of the molecule is CC12C=C(c3cc(N)c(N)c(N)c3)C=CC1c1ccc(-c3cc(N)c(N)c(N)c3)cc1C21c2cc(-c3cc(N)c(N)c(N)c3)ccc2-c2ccc(-c3cc(N)c(N)c(N)c3)cc21. The van der Waals surface area contributed by atoms with Crippen LogP contribution in [0.1, 0.15) is 40.7 Å². The number of hydrogen-bond donors (Lipinski definition) is 12. The van der Waals surface area contributed by atoms with E-state index in [1.807, 2.05) is 48.5 Å². The van der Waals surface area contributed by atoms with Gasteiger partial charge in [0.1, 0.15) is 0 Å². The molecule has 0 aliphatic heterocycles. The van der Waals surface area contributed by atoms with Crippen molar-refractivity contribution in [3.63, 3.8) is 0 Å². The fourth-order valence-corrected chi connectivity index (χ4v) is 10.4. The smallest absolute Gasteiger partial charge is 0.0781 e. The zero-order valence-corrected chi connectivity index (χ0v) is 34.1. The molecule has 0 amide bonds. The predicted molar refractivity (Wildman–Crippen MR) is 262 cm³/mol. The van der Waals surface area contributed by atoms with Crippen LogP contribution in [0.5, 0.6) is 0 Å². The van der Waals surface area contributed by atoms with Crippen LogP contribution in [0.2, 0.25) is 0 Å². The quantitative estimate of drug-likeness (QED) is 0.0759. The summed E-state index contributed by atoms with van der Waals surface area (Å²) in [4.78, 5) is 0. The molecule has 2 unspecified atom stereocenters. The minimum atomic E-state index is -0.846. The van der Waals surface area contributed by atoms with Gasteiger partial charge in [0.2, 0.25) is 0 Å². The fraction of sp³-hybridized carbons (Fsp3) is 0.0800. The van der Waals surface area contributed by atoms with Crippen LogP contribution in [0.3, 0.4) is 0 Å². The summed E-state index contributed by atoms with van der Waals surface area (Å²) in [6, 6.07) is 34.7. The first-order chi connectivity index (χ1) is 29.5. The van der Waals surface area contributed by atoms with Crippen molar-refractivity contribution in [2.45, 2.75) is 18.3 Å². The lowest BCUT2D eigenvalue weighted by atomic mass is 9.55. The molecule has 12 nitrogen and oxygen atoms in total. The minimum absolute atomic E-state index is 0.0999. The van der Waals surface area contributed by atoms with Crippen LogP contribution >= 0.6 is 0 Å². The van der Waals surface area contributed by atoms with Crippen LogP contribution in [-0.4, -0.2) is 0 Å². The third-order valence-corrected chi connectivity index (χ3v) is 13.6. The first-order valence-corrected chi connectivity index (χ1v) is 20.2. The number of nitrogen functional groups attached to an aromatic ring is 12. The van der Waals surface area contributed by atoms with Gasteiger partial charge in [0.05, 0.1) is 73.7 Å². The van der Waals surface area contributed by atoms with Crippen LogP contribution in [0, 0.1) is 5.41 Å². The molecular weight excluding hydrogens is 769 g/mol. The van der Waals surface area contributed by atoms with Crippen molar-refractivity contribution < 1.29 is 0 Å². The maximum atomic E-state index is 6.45. The Hall–Kier alpha value is -8.38. The molecule has 0 saturated carbocycles. The van der Waals surface area contributed by atoms with Crippen molar-refractivity contribution >= 4 is 73.8 Å². The van der Waals surface area contributed by atoms with Gasteiger partial charge in [0.15, 0.2) is 0 Å². The third-order valence-electron chi connectivity index (χ3n) is 13.6. The Morgan fingerprint density at radius 3 is 1.10 bits per heavy atom. The van der Waals surface area contributed by atoms with E-state index >= 15 is 0 Å². The molecule has 0 heterocycles. The molecule has 0 aromatic heterocycles. The molecule has 12 heteroatoms. The van der Waals surface area contributed by atoms with Gasteiger partial charge in [-0.15, -0.1) is 0 Å². The fourth-order valence-electron chi connectivity index (χ4n) is 10.4. The summed E-state index contributed by atoms with van der Waals surface area (Å²) < 4.78 is 0. The normalized spacial score (nSPS) is 17.6. The van der Waals surface area contributed by atoms with Crippen LogP contribution < -0.4 is 68.8 Å². The summed E-state index contributed by atoms with van der Waals surface area (Å²) in [6.45, 7) is 2.33. The Balaban J connectivity index is 1.33. The Morgan fingerprint density at radius 1 is 0.371 bits per heavy atom. The summed E-state index contributed by atoms with van der Waals surface area (Å²) in [7, 11) is 0. The van der Waals surface area contributed by atoms with Crippen LogP contribution in [0.25, 0.3) is 50.1 Å². The molecule has 24 N–H and O–H groups in total. The Kier molecular flexibility index (Phi) is 7.82. The van der Waals surface area contributed by atoms with Gasteiger partial charge in [-0.05, 0) is 145 Å². The Labute approximate surface area is 358 Å².